The third kappa shape index (κ3) is 3.61. The Bertz CT molecular complexity index is 635. The highest BCUT2D eigenvalue weighted by Crippen LogP contribution is 2.25. The van der Waals surface area contributed by atoms with Crippen molar-refractivity contribution in [3.8, 4) is 5.75 Å². The van der Waals surface area contributed by atoms with Crippen molar-refractivity contribution >= 4 is 23.5 Å². The van der Waals surface area contributed by atoms with Crippen LogP contribution in [0.3, 0.4) is 0 Å². The van der Waals surface area contributed by atoms with E-state index in [4.69, 9.17) is 16.3 Å². The largest absolute Gasteiger partial charge is 0.492 e. The molecule has 0 fully saturated rings. The smallest absolute Gasteiger partial charge is 0.137 e. The molecule has 2 aromatic carbocycles. The summed E-state index contributed by atoms with van der Waals surface area (Å²) in [5, 5.41) is 0.607. The summed E-state index contributed by atoms with van der Waals surface area (Å²) >= 11 is 6.15. The summed E-state index contributed by atoms with van der Waals surface area (Å²) in [7, 11) is 0. The second-order valence-electron chi connectivity index (χ2n) is 4.65. The standard InChI is InChI=1S/C17H18ClNO/c1-4-20-17-8-6-14(10-16(17)18)11-19-15-7-5-12(2)13(3)9-15/h5-11H,4H2,1-3H3. The van der Waals surface area contributed by atoms with E-state index in [1.165, 1.54) is 11.1 Å². The topological polar surface area (TPSA) is 21.6 Å². The summed E-state index contributed by atoms with van der Waals surface area (Å²) in [4.78, 5) is 4.47. The van der Waals surface area contributed by atoms with Gasteiger partial charge in [-0.3, -0.25) is 4.99 Å². The van der Waals surface area contributed by atoms with Crippen LogP contribution in [-0.4, -0.2) is 12.8 Å². The lowest BCUT2D eigenvalue weighted by atomic mass is 10.1. The number of aryl methyl sites for hydroxylation is 2. The highest BCUT2D eigenvalue weighted by Gasteiger charge is 2.01. The minimum absolute atomic E-state index is 0.607. The number of hydrogen-bond donors (Lipinski definition) is 0. The lowest BCUT2D eigenvalue weighted by Crippen LogP contribution is -1.92. The second kappa shape index (κ2) is 6.58. The van der Waals surface area contributed by atoms with E-state index >= 15 is 0 Å². The third-order valence-electron chi connectivity index (χ3n) is 3.11. The average molecular weight is 288 g/mol. The van der Waals surface area contributed by atoms with E-state index in [9.17, 15) is 0 Å². The molecule has 0 saturated carbocycles. The first-order valence-electron chi connectivity index (χ1n) is 6.64. The van der Waals surface area contributed by atoms with Crippen LogP contribution >= 0.6 is 11.6 Å². The summed E-state index contributed by atoms with van der Waals surface area (Å²) in [6.45, 7) is 6.72. The number of hydrogen-bond acceptors (Lipinski definition) is 2. The van der Waals surface area contributed by atoms with E-state index in [0.717, 1.165) is 11.3 Å². The average Bonchev–Trinajstić information content (AvgIpc) is 2.43. The maximum atomic E-state index is 6.15. The Morgan fingerprint density at radius 2 is 1.90 bits per heavy atom. The Labute approximate surface area is 125 Å². The van der Waals surface area contributed by atoms with Gasteiger partial charge in [-0.25, -0.2) is 0 Å². The third-order valence-corrected chi connectivity index (χ3v) is 3.40. The Morgan fingerprint density at radius 3 is 2.55 bits per heavy atom. The Balaban J connectivity index is 2.18. The monoisotopic (exact) mass is 287 g/mol. The minimum atomic E-state index is 0.607. The van der Waals surface area contributed by atoms with Gasteiger partial charge >= 0.3 is 0 Å². The molecule has 2 nitrogen and oxygen atoms in total. The molecule has 2 rings (SSSR count). The fraction of sp³-hybridized carbons (Fsp3) is 0.235. The molecule has 0 bridgehead atoms. The maximum absolute atomic E-state index is 6.15. The van der Waals surface area contributed by atoms with Crippen molar-refractivity contribution in [3.63, 3.8) is 0 Å². The van der Waals surface area contributed by atoms with Crippen molar-refractivity contribution < 1.29 is 4.74 Å². The number of nitrogens with zero attached hydrogens (tertiary/aromatic N) is 1. The highest BCUT2D eigenvalue weighted by molar-refractivity contribution is 6.32. The number of ether oxygens (including phenoxy) is 1. The van der Waals surface area contributed by atoms with Crippen molar-refractivity contribution in [2.24, 2.45) is 4.99 Å². The van der Waals surface area contributed by atoms with Gasteiger partial charge < -0.3 is 4.74 Å². The van der Waals surface area contributed by atoms with Crippen molar-refractivity contribution in [1.82, 2.24) is 0 Å². The van der Waals surface area contributed by atoms with Gasteiger partial charge in [-0.05, 0) is 67.8 Å². The van der Waals surface area contributed by atoms with E-state index in [1.807, 2.05) is 37.4 Å². The molecule has 2 aromatic rings. The first-order valence-corrected chi connectivity index (χ1v) is 7.01. The molecule has 0 amide bonds. The quantitative estimate of drug-likeness (QED) is 0.716. The zero-order valence-corrected chi connectivity index (χ0v) is 12.7. The summed E-state index contributed by atoms with van der Waals surface area (Å²) < 4.78 is 5.41. The van der Waals surface area contributed by atoms with Gasteiger partial charge in [0, 0.05) is 6.21 Å². The molecule has 0 spiro atoms. The van der Waals surface area contributed by atoms with Gasteiger partial charge in [0.25, 0.3) is 0 Å². The molecule has 0 radical (unpaired) electrons. The van der Waals surface area contributed by atoms with Crippen LogP contribution < -0.4 is 4.74 Å². The van der Waals surface area contributed by atoms with Crippen LogP contribution in [0.25, 0.3) is 0 Å². The zero-order valence-electron chi connectivity index (χ0n) is 12.0. The van der Waals surface area contributed by atoms with E-state index in [2.05, 4.69) is 31.0 Å². The molecule has 0 aliphatic heterocycles. The fourth-order valence-corrected chi connectivity index (χ4v) is 2.07. The summed E-state index contributed by atoms with van der Waals surface area (Å²) in [6.07, 6.45) is 1.81. The van der Waals surface area contributed by atoms with Crippen LogP contribution in [0.2, 0.25) is 5.02 Å². The number of aliphatic imine (C=N–C) groups is 1. The van der Waals surface area contributed by atoms with Crippen LogP contribution in [0.1, 0.15) is 23.6 Å². The Hall–Kier alpha value is -1.80. The van der Waals surface area contributed by atoms with E-state index in [-0.39, 0.29) is 0 Å². The summed E-state index contributed by atoms with van der Waals surface area (Å²) in [5.74, 6) is 0.706. The predicted octanol–water partition coefficient (Wildman–Crippen LogP) is 5.11. The fourth-order valence-electron chi connectivity index (χ4n) is 1.82. The van der Waals surface area contributed by atoms with Crippen molar-refractivity contribution in [3.05, 3.63) is 58.1 Å². The van der Waals surface area contributed by atoms with Crippen molar-refractivity contribution in [2.45, 2.75) is 20.8 Å². The van der Waals surface area contributed by atoms with Gasteiger partial charge in [-0.2, -0.15) is 0 Å². The number of rotatable bonds is 4. The van der Waals surface area contributed by atoms with E-state index in [1.54, 1.807) is 0 Å². The Morgan fingerprint density at radius 1 is 1.10 bits per heavy atom. The van der Waals surface area contributed by atoms with Crippen LogP contribution in [0.5, 0.6) is 5.75 Å². The molecule has 0 atom stereocenters. The lowest BCUT2D eigenvalue weighted by molar-refractivity contribution is 0.340. The normalized spacial score (nSPS) is 11.0. The molecule has 3 heteroatoms. The molecule has 0 heterocycles. The molecule has 0 aliphatic carbocycles. The zero-order chi connectivity index (χ0) is 14.5. The molecular weight excluding hydrogens is 270 g/mol. The van der Waals surface area contributed by atoms with Crippen LogP contribution in [0.15, 0.2) is 41.4 Å². The van der Waals surface area contributed by atoms with Gasteiger partial charge in [0.15, 0.2) is 0 Å². The summed E-state index contributed by atoms with van der Waals surface area (Å²) in [5.41, 5.74) is 4.41. The van der Waals surface area contributed by atoms with E-state index < -0.39 is 0 Å². The molecule has 0 saturated heterocycles. The van der Waals surface area contributed by atoms with Gasteiger partial charge in [0.05, 0.1) is 17.3 Å². The molecule has 0 unspecified atom stereocenters. The lowest BCUT2D eigenvalue weighted by Gasteiger charge is -2.05. The van der Waals surface area contributed by atoms with Gasteiger partial charge in [-0.15, -0.1) is 0 Å². The number of halogens is 1. The molecule has 0 N–H and O–H groups in total. The SMILES string of the molecule is CCOc1ccc(C=Nc2ccc(C)c(C)c2)cc1Cl. The van der Waals surface area contributed by atoms with E-state index in [0.29, 0.717) is 17.4 Å². The Kier molecular flexibility index (Phi) is 4.80. The highest BCUT2D eigenvalue weighted by atomic mass is 35.5. The van der Waals surface area contributed by atoms with Crippen molar-refractivity contribution in [1.29, 1.82) is 0 Å². The first kappa shape index (κ1) is 14.6. The predicted molar refractivity (Wildman–Crippen MR) is 85.8 cm³/mol. The summed E-state index contributed by atoms with van der Waals surface area (Å²) in [6, 6.07) is 11.8. The first-order chi connectivity index (χ1) is 9.60. The number of benzene rings is 2. The molecule has 104 valence electrons. The second-order valence-corrected chi connectivity index (χ2v) is 5.06. The molecule has 0 aromatic heterocycles. The molecule has 20 heavy (non-hydrogen) atoms. The van der Waals surface area contributed by atoms with Crippen LogP contribution in [-0.2, 0) is 0 Å². The van der Waals surface area contributed by atoms with Gasteiger partial charge in [0.2, 0.25) is 0 Å². The van der Waals surface area contributed by atoms with Crippen LogP contribution in [0.4, 0.5) is 5.69 Å². The molecular formula is C17H18ClNO. The van der Waals surface area contributed by atoms with Gasteiger partial charge in [-0.1, -0.05) is 17.7 Å². The van der Waals surface area contributed by atoms with Gasteiger partial charge in [0.1, 0.15) is 5.75 Å². The van der Waals surface area contributed by atoms with Crippen molar-refractivity contribution in [2.75, 3.05) is 6.61 Å². The van der Waals surface area contributed by atoms with Crippen LogP contribution in [0, 0.1) is 13.8 Å². The minimum Gasteiger partial charge on any atom is -0.492 e. The maximum Gasteiger partial charge on any atom is 0.137 e. The molecule has 0 aliphatic rings.